The van der Waals surface area contributed by atoms with E-state index in [0.29, 0.717) is 0 Å². The van der Waals surface area contributed by atoms with Crippen molar-refractivity contribution in [2.24, 2.45) is 0 Å². The molecule has 2 rings (SSSR count). The molecule has 0 saturated carbocycles. The summed E-state index contributed by atoms with van der Waals surface area (Å²) in [4.78, 5) is 9.57. The Morgan fingerprint density at radius 2 is 1.90 bits per heavy atom. The van der Waals surface area contributed by atoms with E-state index in [2.05, 4.69) is 70.2 Å². The molecule has 0 bridgehead atoms. The van der Waals surface area contributed by atoms with Crippen LogP contribution in [0.1, 0.15) is 26.3 Å². The number of rotatable bonds is 4. The summed E-state index contributed by atoms with van der Waals surface area (Å²) >= 11 is 5.18. The monoisotopic (exact) mass is 351 g/mol. The molecule has 0 aliphatic carbocycles. The molecule has 0 saturated heterocycles. The lowest BCUT2D eigenvalue weighted by molar-refractivity contribution is 0.424. The zero-order chi connectivity index (χ0) is 14.6. The highest BCUT2D eigenvalue weighted by molar-refractivity contribution is 9.10. The average molecular weight is 352 g/mol. The van der Waals surface area contributed by atoms with Crippen LogP contribution in [0.25, 0.3) is 0 Å². The first-order valence-corrected chi connectivity index (χ1v) is 8.03. The molecule has 20 heavy (non-hydrogen) atoms. The summed E-state index contributed by atoms with van der Waals surface area (Å²) in [5.41, 5.74) is 1.38. The van der Waals surface area contributed by atoms with E-state index in [-0.39, 0.29) is 5.54 Å². The molecular weight excluding hydrogens is 334 g/mol. The molecule has 0 unspecified atom stereocenters. The van der Waals surface area contributed by atoms with Crippen LogP contribution in [0.4, 0.5) is 0 Å². The van der Waals surface area contributed by atoms with Crippen molar-refractivity contribution in [3.8, 4) is 0 Å². The largest absolute Gasteiger partial charge is 0.308 e. The Morgan fingerprint density at radius 1 is 1.20 bits per heavy atom. The lowest BCUT2D eigenvalue weighted by Crippen LogP contribution is -2.35. The van der Waals surface area contributed by atoms with Gasteiger partial charge < -0.3 is 5.32 Å². The lowest BCUT2D eigenvalue weighted by atomic mass is 10.1. The Bertz CT molecular complexity index is 567. The fourth-order valence-corrected chi connectivity index (χ4v) is 2.93. The molecule has 0 spiro atoms. The normalized spacial score (nSPS) is 11.6. The first-order valence-electron chi connectivity index (χ1n) is 6.42. The van der Waals surface area contributed by atoms with Crippen molar-refractivity contribution in [3.63, 3.8) is 0 Å². The molecule has 0 fully saturated rings. The summed E-state index contributed by atoms with van der Waals surface area (Å²) in [5, 5.41) is 4.24. The van der Waals surface area contributed by atoms with E-state index < -0.39 is 0 Å². The maximum atomic E-state index is 4.22. The third-order valence-corrected chi connectivity index (χ3v) is 4.45. The highest BCUT2D eigenvalue weighted by Gasteiger charge is 2.10. The molecule has 0 amide bonds. The van der Waals surface area contributed by atoms with Crippen LogP contribution in [0, 0.1) is 0 Å². The summed E-state index contributed by atoms with van der Waals surface area (Å²) < 4.78 is 1.07. The molecule has 1 aromatic heterocycles. The molecule has 0 radical (unpaired) electrons. The van der Waals surface area contributed by atoms with Crippen LogP contribution in [0.3, 0.4) is 0 Å². The van der Waals surface area contributed by atoms with Crippen LogP contribution in [0.15, 0.2) is 51.2 Å². The summed E-state index contributed by atoms with van der Waals surface area (Å²) in [7, 11) is 0. The zero-order valence-electron chi connectivity index (χ0n) is 11.9. The van der Waals surface area contributed by atoms with Gasteiger partial charge in [-0.05, 0) is 72.2 Å². The van der Waals surface area contributed by atoms with Gasteiger partial charge in [0.05, 0.1) is 0 Å². The lowest BCUT2D eigenvalue weighted by Gasteiger charge is -2.20. The Hall–Kier alpha value is -0.910. The molecule has 5 heteroatoms. The van der Waals surface area contributed by atoms with Crippen molar-refractivity contribution in [2.45, 2.75) is 42.9 Å². The SMILES string of the molecule is CC(C)(C)NCc1ccc(Sc2ncccn2)c(Br)c1. The van der Waals surface area contributed by atoms with E-state index in [9.17, 15) is 0 Å². The standard InChI is InChI=1S/C15H18BrN3S/c1-15(2,3)19-10-11-5-6-13(12(16)9-11)20-14-17-7-4-8-18-14/h4-9,19H,10H2,1-3H3. The molecule has 1 aromatic carbocycles. The molecule has 2 aromatic rings. The Labute approximate surface area is 132 Å². The zero-order valence-corrected chi connectivity index (χ0v) is 14.3. The summed E-state index contributed by atoms with van der Waals surface area (Å²) in [6.45, 7) is 7.35. The molecule has 0 aliphatic heterocycles. The number of hydrogen-bond acceptors (Lipinski definition) is 4. The highest BCUT2D eigenvalue weighted by Crippen LogP contribution is 2.32. The quantitative estimate of drug-likeness (QED) is 0.834. The van der Waals surface area contributed by atoms with Gasteiger partial charge in [0, 0.05) is 33.8 Å². The molecule has 0 atom stereocenters. The van der Waals surface area contributed by atoms with Gasteiger partial charge >= 0.3 is 0 Å². The Morgan fingerprint density at radius 3 is 2.50 bits per heavy atom. The first kappa shape index (κ1) is 15.5. The van der Waals surface area contributed by atoms with Crippen molar-refractivity contribution >= 4 is 27.7 Å². The second kappa shape index (κ2) is 6.70. The van der Waals surface area contributed by atoms with Crippen molar-refractivity contribution in [1.29, 1.82) is 0 Å². The average Bonchev–Trinajstić information content (AvgIpc) is 2.40. The smallest absolute Gasteiger partial charge is 0.192 e. The van der Waals surface area contributed by atoms with Gasteiger partial charge in [-0.15, -0.1) is 0 Å². The van der Waals surface area contributed by atoms with Gasteiger partial charge in [0.1, 0.15) is 0 Å². The van der Waals surface area contributed by atoms with Crippen LogP contribution < -0.4 is 5.32 Å². The number of halogens is 1. The molecule has 1 N–H and O–H groups in total. The van der Waals surface area contributed by atoms with Gasteiger partial charge in [-0.1, -0.05) is 6.07 Å². The molecule has 0 aliphatic rings. The van der Waals surface area contributed by atoms with Crippen LogP contribution in [0.5, 0.6) is 0 Å². The van der Waals surface area contributed by atoms with Crippen LogP contribution in [-0.2, 0) is 6.54 Å². The summed E-state index contributed by atoms with van der Waals surface area (Å²) in [6.07, 6.45) is 3.51. The number of nitrogens with zero attached hydrogens (tertiary/aromatic N) is 2. The minimum absolute atomic E-state index is 0.123. The number of aromatic nitrogens is 2. The third kappa shape index (κ3) is 4.89. The summed E-state index contributed by atoms with van der Waals surface area (Å²) in [6, 6.07) is 8.20. The minimum Gasteiger partial charge on any atom is -0.308 e. The fourth-order valence-electron chi connectivity index (χ4n) is 1.54. The van der Waals surface area contributed by atoms with E-state index in [1.54, 1.807) is 24.2 Å². The van der Waals surface area contributed by atoms with Gasteiger partial charge in [0.15, 0.2) is 5.16 Å². The van der Waals surface area contributed by atoms with Crippen molar-refractivity contribution < 1.29 is 0 Å². The van der Waals surface area contributed by atoms with Crippen LogP contribution in [-0.4, -0.2) is 15.5 Å². The minimum atomic E-state index is 0.123. The van der Waals surface area contributed by atoms with E-state index in [1.165, 1.54) is 5.56 Å². The Kier molecular flexibility index (Phi) is 5.18. The van der Waals surface area contributed by atoms with E-state index in [4.69, 9.17) is 0 Å². The Balaban J connectivity index is 2.06. The fraction of sp³-hybridized carbons (Fsp3) is 0.333. The third-order valence-electron chi connectivity index (χ3n) is 2.56. The van der Waals surface area contributed by atoms with Crippen LogP contribution in [0.2, 0.25) is 0 Å². The van der Waals surface area contributed by atoms with Gasteiger partial charge in [0.25, 0.3) is 0 Å². The van der Waals surface area contributed by atoms with Crippen molar-refractivity contribution in [1.82, 2.24) is 15.3 Å². The predicted octanol–water partition coefficient (Wildman–Crippen LogP) is 4.28. The maximum absolute atomic E-state index is 4.22. The van der Waals surface area contributed by atoms with Gasteiger partial charge in [-0.2, -0.15) is 0 Å². The number of benzene rings is 1. The van der Waals surface area contributed by atoms with Gasteiger partial charge in [-0.3, -0.25) is 0 Å². The van der Waals surface area contributed by atoms with Crippen LogP contribution >= 0.6 is 27.7 Å². The summed E-state index contributed by atoms with van der Waals surface area (Å²) in [5.74, 6) is 0. The molecular formula is C15H18BrN3S. The van der Waals surface area contributed by atoms with E-state index >= 15 is 0 Å². The first-order chi connectivity index (χ1) is 9.44. The molecule has 106 valence electrons. The molecule has 1 heterocycles. The second-order valence-electron chi connectivity index (χ2n) is 5.50. The maximum Gasteiger partial charge on any atom is 0.192 e. The van der Waals surface area contributed by atoms with Gasteiger partial charge in [0.2, 0.25) is 0 Å². The van der Waals surface area contributed by atoms with Gasteiger partial charge in [-0.25, -0.2) is 9.97 Å². The van der Waals surface area contributed by atoms with E-state index in [1.807, 2.05) is 6.07 Å². The van der Waals surface area contributed by atoms with E-state index in [0.717, 1.165) is 21.1 Å². The number of hydrogen-bond donors (Lipinski definition) is 1. The molecule has 3 nitrogen and oxygen atoms in total. The second-order valence-corrected chi connectivity index (χ2v) is 7.37. The number of nitrogens with one attached hydrogen (secondary N) is 1. The van der Waals surface area contributed by atoms with Crippen molar-refractivity contribution in [2.75, 3.05) is 0 Å². The highest BCUT2D eigenvalue weighted by atomic mass is 79.9. The topological polar surface area (TPSA) is 37.8 Å². The predicted molar refractivity (Wildman–Crippen MR) is 86.9 cm³/mol. The van der Waals surface area contributed by atoms with Crippen molar-refractivity contribution in [3.05, 3.63) is 46.7 Å².